The SMILES string of the molecule is CC(C)(C)c1ccnc(-n2c3ccc(-c4ccccc4)cc3c3ccc(Oc4cccc(N5CN(c6c(-c7ccccc7)ccc7c6-c6ccccc6C7(C)C)c6ccccc65)c4)cc32)c1. The third-order valence-electron chi connectivity index (χ3n) is 13.9. The number of fused-ring (bicyclic) bond motifs is 7. The molecule has 2 aliphatic rings. The first-order valence-electron chi connectivity index (χ1n) is 23.0. The minimum atomic E-state index is -0.129. The molecule has 12 rings (SSSR count). The lowest BCUT2D eigenvalue weighted by atomic mass is 9.82. The van der Waals surface area contributed by atoms with E-state index in [1.54, 1.807) is 0 Å². The lowest BCUT2D eigenvalue weighted by molar-refractivity contribution is 0.483. The van der Waals surface area contributed by atoms with Gasteiger partial charge >= 0.3 is 0 Å². The Hall–Kier alpha value is -7.89. The highest BCUT2D eigenvalue weighted by atomic mass is 16.5. The summed E-state index contributed by atoms with van der Waals surface area (Å²) < 4.78 is 9.16. The van der Waals surface area contributed by atoms with E-state index in [2.05, 4.69) is 243 Å². The standard InChI is InChI=1S/C61H50N4O/c1-60(2,3)43-33-34-62-57(36-43)65-53-32-27-42(40-17-8-6-9-18-40)35-50(53)48-29-28-46(38-56(48)65)66-45-22-16-21-44(37-45)63-39-64(55-26-15-14-25-54(55)63)59-47(41-19-10-7-11-20-41)30-31-52-58(59)49-23-12-13-24-51(49)61(52,4)5/h6-38H,39H2,1-5H3. The van der Waals surface area contributed by atoms with Gasteiger partial charge in [-0.05, 0) is 105 Å². The maximum atomic E-state index is 6.87. The molecule has 5 heteroatoms. The molecule has 8 aromatic carbocycles. The molecule has 0 spiro atoms. The Morgan fingerprint density at radius 3 is 2.02 bits per heavy atom. The van der Waals surface area contributed by atoms with Gasteiger partial charge in [-0.15, -0.1) is 0 Å². The first-order valence-corrected chi connectivity index (χ1v) is 23.0. The molecule has 0 atom stereocenters. The average Bonchev–Trinajstić information content (AvgIpc) is 3.97. The second kappa shape index (κ2) is 15.1. The van der Waals surface area contributed by atoms with E-state index in [0.717, 1.165) is 45.1 Å². The maximum absolute atomic E-state index is 6.87. The fraction of sp³-hybridized carbons (Fsp3) is 0.131. The summed E-state index contributed by atoms with van der Waals surface area (Å²) in [4.78, 5) is 9.91. The zero-order valence-electron chi connectivity index (χ0n) is 38.0. The van der Waals surface area contributed by atoms with Crippen LogP contribution in [0.2, 0.25) is 0 Å². The smallest absolute Gasteiger partial charge is 0.137 e. The van der Waals surface area contributed by atoms with Crippen LogP contribution < -0.4 is 14.5 Å². The molecule has 0 unspecified atom stereocenters. The van der Waals surface area contributed by atoms with Crippen molar-refractivity contribution in [2.24, 2.45) is 0 Å². The van der Waals surface area contributed by atoms with Crippen LogP contribution in [0.4, 0.5) is 22.7 Å². The number of pyridine rings is 1. The summed E-state index contributed by atoms with van der Waals surface area (Å²) in [6.45, 7) is 12.1. The van der Waals surface area contributed by atoms with Crippen LogP contribution in [0.15, 0.2) is 200 Å². The number of benzene rings is 8. The van der Waals surface area contributed by atoms with Gasteiger partial charge in [0.1, 0.15) is 24.0 Å². The predicted molar refractivity (Wildman–Crippen MR) is 274 cm³/mol. The number of anilines is 4. The van der Waals surface area contributed by atoms with Crippen molar-refractivity contribution in [2.45, 2.75) is 45.4 Å². The van der Waals surface area contributed by atoms with Gasteiger partial charge in [-0.1, -0.05) is 156 Å². The Bertz CT molecular complexity index is 3510. The molecule has 1 aliphatic carbocycles. The molecule has 5 nitrogen and oxygen atoms in total. The molecule has 1 aliphatic heterocycles. The van der Waals surface area contributed by atoms with E-state index in [9.17, 15) is 0 Å². The zero-order valence-corrected chi connectivity index (χ0v) is 38.0. The Morgan fingerprint density at radius 2 is 1.23 bits per heavy atom. The molecule has 66 heavy (non-hydrogen) atoms. The van der Waals surface area contributed by atoms with E-state index in [-0.39, 0.29) is 10.8 Å². The minimum Gasteiger partial charge on any atom is -0.457 e. The third-order valence-corrected chi connectivity index (χ3v) is 13.9. The van der Waals surface area contributed by atoms with Crippen LogP contribution in [0.25, 0.3) is 61.0 Å². The number of aromatic nitrogens is 2. The number of hydrogen-bond acceptors (Lipinski definition) is 4. The summed E-state index contributed by atoms with van der Waals surface area (Å²) in [5.41, 5.74) is 18.0. The van der Waals surface area contributed by atoms with E-state index < -0.39 is 0 Å². The highest BCUT2D eigenvalue weighted by molar-refractivity contribution is 6.11. The first-order chi connectivity index (χ1) is 32.1. The number of nitrogens with zero attached hydrogens (tertiary/aromatic N) is 4. The molecule has 0 saturated carbocycles. The summed E-state index contributed by atoms with van der Waals surface area (Å²) in [5.74, 6) is 2.42. The van der Waals surface area contributed by atoms with Crippen molar-refractivity contribution in [3.8, 4) is 50.7 Å². The Morgan fingerprint density at radius 1 is 0.515 bits per heavy atom. The van der Waals surface area contributed by atoms with Gasteiger partial charge in [-0.25, -0.2) is 4.98 Å². The summed E-state index contributed by atoms with van der Waals surface area (Å²) >= 11 is 0. The van der Waals surface area contributed by atoms with Gasteiger partial charge in [0, 0.05) is 51.3 Å². The molecule has 0 N–H and O–H groups in total. The van der Waals surface area contributed by atoms with Crippen molar-refractivity contribution in [2.75, 3.05) is 16.5 Å². The Labute approximate surface area is 386 Å². The topological polar surface area (TPSA) is 33.5 Å². The molecular weight excluding hydrogens is 805 g/mol. The monoisotopic (exact) mass is 854 g/mol. The molecule has 2 aromatic heterocycles. The van der Waals surface area contributed by atoms with Crippen LogP contribution in [0.5, 0.6) is 11.5 Å². The van der Waals surface area contributed by atoms with Crippen molar-refractivity contribution < 1.29 is 4.74 Å². The average molecular weight is 855 g/mol. The van der Waals surface area contributed by atoms with E-state index in [1.165, 1.54) is 66.8 Å². The fourth-order valence-corrected chi connectivity index (χ4v) is 10.5. The van der Waals surface area contributed by atoms with Gasteiger partial charge in [0.25, 0.3) is 0 Å². The number of rotatable bonds is 7. The molecule has 0 bridgehead atoms. The van der Waals surface area contributed by atoms with Gasteiger partial charge in [-0.3, -0.25) is 4.57 Å². The molecule has 0 fully saturated rings. The highest BCUT2D eigenvalue weighted by Gasteiger charge is 2.40. The predicted octanol–water partition coefficient (Wildman–Crippen LogP) is 16.2. The quantitative estimate of drug-likeness (QED) is 0.160. The maximum Gasteiger partial charge on any atom is 0.137 e. The molecule has 0 radical (unpaired) electrons. The summed E-state index contributed by atoms with van der Waals surface area (Å²) in [5, 5.41) is 2.32. The number of hydrogen-bond donors (Lipinski definition) is 0. The van der Waals surface area contributed by atoms with E-state index >= 15 is 0 Å². The second-order valence-corrected chi connectivity index (χ2v) is 19.3. The Balaban J connectivity index is 0.947. The fourth-order valence-electron chi connectivity index (χ4n) is 10.5. The summed E-state index contributed by atoms with van der Waals surface area (Å²) in [7, 11) is 0. The lowest BCUT2D eigenvalue weighted by Crippen LogP contribution is -2.25. The van der Waals surface area contributed by atoms with Gasteiger partial charge in [0.2, 0.25) is 0 Å². The normalized spacial score (nSPS) is 13.8. The van der Waals surface area contributed by atoms with Crippen molar-refractivity contribution >= 4 is 44.6 Å². The van der Waals surface area contributed by atoms with Crippen LogP contribution in [0, 0.1) is 0 Å². The van der Waals surface area contributed by atoms with Gasteiger partial charge in [0.15, 0.2) is 0 Å². The Kier molecular flexibility index (Phi) is 9.08. The lowest BCUT2D eigenvalue weighted by Gasteiger charge is -2.28. The number of para-hydroxylation sites is 2. The summed E-state index contributed by atoms with van der Waals surface area (Å²) in [6, 6.07) is 70.0. The molecular formula is C61H50N4O. The first kappa shape index (κ1) is 39.7. The molecule has 3 heterocycles. The van der Waals surface area contributed by atoms with Crippen molar-refractivity contribution in [1.82, 2.24) is 9.55 Å². The molecule has 0 amide bonds. The largest absolute Gasteiger partial charge is 0.457 e. The van der Waals surface area contributed by atoms with Gasteiger partial charge < -0.3 is 14.5 Å². The number of ether oxygens (including phenoxy) is 1. The van der Waals surface area contributed by atoms with E-state index in [0.29, 0.717) is 6.67 Å². The zero-order chi connectivity index (χ0) is 44.7. The van der Waals surface area contributed by atoms with E-state index in [1.807, 2.05) is 6.20 Å². The highest BCUT2D eigenvalue weighted by Crippen LogP contribution is 2.57. The van der Waals surface area contributed by atoms with Crippen molar-refractivity contribution in [3.05, 3.63) is 217 Å². The minimum absolute atomic E-state index is 0.0310. The van der Waals surface area contributed by atoms with Crippen LogP contribution in [-0.2, 0) is 10.8 Å². The second-order valence-electron chi connectivity index (χ2n) is 19.3. The van der Waals surface area contributed by atoms with Crippen molar-refractivity contribution in [1.29, 1.82) is 0 Å². The van der Waals surface area contributed by atoms with Crippen LogP contribution in [0.1, 0.15) is 51.3 Å². The summed E-state index contributed by atoms with van der Waals surface area (Å²) in [6.07, 6.45) is 1.93. The van der Waals surface area contributed by atoms with E-state index in [4.69, 9.17) is 9.72 Å². The van der Waals surface area contributed by atoms with Crippen LogP contribution in [-0.4, -0.2) is 16.2 Å². The molecule has 10 aromatic rings. The van der Waals surface area contributed by atoms with Crippen LogP contribution >= 0.6 is 0 Å². The van der Waals surface area contributed by atoms with Crippen LogP contribution in [0.3, 0.4) is 0 Å². The van der Waals surface area contributed by atoms with Gasteiger partial charge in [-0.2, -0.15) is 0 Å². The van der Waals surface area contributed by atoms with Gasteiger partial charge in [0.05, 0.1) is 28.1 Å². The third kappa shape index (κ3) is 6.41. The molecule has 320 valence electrons. The van der Waals surface area contributed by atoms with Crippen molar-refractivity contribution in [3.63, 3.8) is 0 Å². The molecule has 0 saturated heterocycles.